The van der Waals surface area contributed by atoms with Crippen LogP contribution >= 0.6 is 0 Å². The van der Waals surface area contributed by atoms with E-state index in [0.717, 1.165) is 35.3 Å². The summed E-state index contributed by atoms with van der Waals surface area (Å²) in [6, 6.07) is 9.72. The van der Waals surface area contributed by atoms with Crippen molar-refractivity contribution in [3.63, 3.8) is 0 Å². The molecule has 7 heteroatoms. The molecule has 1 aromatic heterocycles. The topological polar surface area (TPSA) is 99.9 Å². The maximum absolute atomic E-state index is 12.2. The van der Waals surface area contributed by atoms with Gasteiger partial charge in [-0.15, -0.1) is 5.10 Å². The Morgan fingerprint density at radius 3 is 2.96 bits per heavy atom. The van der Waals surface area contributed by atoms with E-state index in [4.69, 9.17) is 4.74 Å². The lowest BCUT2D eigenvalue weighted by molar-refractivity contribution is -0.124. The van der Waals surface area contributed by atoms with Crippen LogP contribution in [0.4, 0.5) is 11.5 Å². The maximum atomic E-state index is 12.2. The van der Waals surface area contributed by atoms with Gasteiger partial charge in [-0.3, -0.25) is 4.79 Å². The number of nitriles is 1. The van der Waals surface area contributed by atoms with Crippen molar-refractivity contribution in [3.05, 3.63) is 46.6 Å². The molecular formula is C19H21N5O2. The standard InChI is InChI=1S/C19H21N5O2/c1-12-13(2)23-24-18(16(12)10-20)21-11-14-5-3-6-15(9-14)22-19(25)17-7-4-8-26-17/h3,5-6,9,17H,4,7-8,11H2,1-2H3,(H,21,24)(H,22,25). The predicted molar refractivity (Wildman–Crippen MR) is 97.6 cm³/mol. The number of amides is 1. The molecule has 2 aromatic rings. The lowest BCUT2D eigenvalue weighted by atomic mass is 10.1. The first-order valence-corrected chi connectivity index (χ1v) is 8.57. The van der Waals surface area contributed by atoms with Crippen LogP contribution in [0.1, 0.15) is 35.2 Å². The molecule has 1 saturated heterocycles. The van der Waals surface area contributed by atoms with Gasteiger partial charge in [-0.2, -0.15) is 10.4 Å². The molecule has 0 bridgehead atoms. The van der Waals surface area contributed by atoms with Crippen molar-refractivity contribution >= 4 is 17.4 Å². The smallest absolute Gasteiger partial charge is 0.253 e. The zero-order chi connectivity index (χ0) is 18.5. The normalized spacial score (nSPS) is 16.1. The average Bonchev–Trinajstić information content (AvgIpc) is 3.18. The highest BCUT2D eigenvalue weighted by Crippen LogP contribution is 2.19. The van der Waals surface area contributed by atoms with Gasteiger partial charge in [0.1, 0.15) is 17.7 Å². The van der Waals surface area contributed by atoms with Gasteiger partial charge >= 0.3 is 0 Å². The summed E-state index contributed by atoms with van der Waals surface area (Å²) in [5.74, 6) is 0.351. The third-order valence-corrected chi connectivity index (χ3v) is 4.44. The third-order valence-electron chi connectivity index (χ3n) is 4.44. The molecule has 0 radical (unpaired) electrons. The van der Waals surface area contributed by atoms with Crippen molar-refractivity contribution in [1.29, 1.82) is 5.26 Å². The highest BCUT2D eigenvalue weighted by atomic mass is 16.5. The van der Waals surface area contributed by atoms with E-state index in [9.17, 15) is 10.1 Å². The van der Waals surface area contributed by atoms with Crippen LogP contribution < -0.4 is 10.6 Å². The zero-order valence-corrected chi connectivity index (χ0v) is 14.9. The van der Waals surface area contributed by atoms with Crippen LogP contribution in [0.2, 0.25) is 0 Å². The van der Waals surface area contributed by atoms with Gasteiger partial charge < -0.3 is 15.4 Å². The first kappa shape index (κ1) is 17.8. The molecule has 1 aliphatic heterocycles. The average molecular weight is 351 g/mol. The number of hydrogen-bond donors (Lipinski definition) is 2. The number of nitrogens with one attached hydrogen (secondary N) is 2. The fourth-order valence-electron chi connectivity index (χ4n) is 2.82. The van der Waals surface area contributed by atoms with Crippen LogP contribution in [-0.2, 0) is 16.1 Å². The van der Waals surface area contributed by atoms with Gasteiger partial charge in [-0.1, -0.05) is 12.1 Å². The lowest BCUT2D eigenvalue weighted by Crippen LogP contribution is -2.26. The third kappa shape index (κ3) is 3.98. The van der Waals surface area contributed by atoms with Crippen molar-refractivity contribution < 1.29 is 9.53 Å². The summed E-state index contributed by atoms with van der Waals surface area (Å²) in [5, 5.41) is 23.5. The van der Waals surface area contributed by atoms with Crippen molar-refractivity contribution in [1.82, 2.24) is 10.2 Å². The number of carbonyl (C=O) groups is 1. The molecule has 1 fully saturated rings. The second-order valence-corrected chi connectivity index (χ2v) is 6.29. The summed E-state index contributed by atoms with van der Waals surface area (Å²) in [7, 11) is 0. The number of aryl methyl sites for hydroxylation is 1. The molecule has 0 spiro atoms. The number of ether oxygens (including phenoxy) is 1. The minimum absolute atomic E-state index is 0.112. The Hall–Kier alpha value is -2.98. The minimum Gasteiger partial charge on any atom is -0.368 e. The molecule has 1 aromatic carbocycles. The fourth-order valence-corrected chi connectivity index (χ4v) is 2.82. The summed E-state index contributed by atoms with van der Waals surface area (Å²) >= 11 is 0. The summed E-state index contributed by atoms with van der Waals surface area (Å²) in [6.07, 6.45) is 1.32. The minimum atomic E-state index is -0.360. The second-order valence-electron chi connectivity index (χ2n) is 6.29. The quantitative estimate of drug-likeness (QED) is 0.859. The number of anilines is 2. The maximum Gasteiger partial charge on any atom is 0.253 e. The van der Waals surface area contributed by atoms with Crippen LogP contribution in [0, 0.1) is 25.2 Å². The number of aromatic nitrogens is 2. The van der Waals surface area contributed by atoms with E-state index in [1.807, 2.05) is 38.1 Å². The molecule has 2 N–H and O–H groups in total. The van der Waals surface area contributed by atoms with Crippen molar-refractivity contribution in [2.75, 3.05) is 17.2 Å². The van der Waals surface area contributed by atoms with Crippen molar-refractivity contribution in [3.8, 4) is 6.07 Å². The van der Waals surface area contributed by atoms with E-state index < -0.39 is 0 Å². The Morgan fingerprint density at radius 2 is 2.23 bits per heavy atom. The Bertz CT molecular complexity index is 853. The molecule has 134 valence electrons. The van der Waals surface area contributed by atoms with E-state index >= 15 is 0 Å². The van der Waals surface area contributed by atoms with E-state index in [0.29, 0.717) is 24.5 Å². The molecule has 1 unspecified atom stereocenters. The molecule has 1 atom stereocenters. The second kappa shape index (κ2) is 7.93. The molecule has 0 saturated carbocycles. The van der Waals surface area contributed by atoms with Gasteiger partial charge in [0.2, 0.25) is 0 Å². The summed E-state index contributed by atoms with van der Waals surface area (Å²) in [5.41, 5.74) is 3.74. The van der Waals surface area contributed by atoms with Gasteiger partial charge in [-0.25, -0.2) is 0 Å². The first-order chi connectivity index (χ1) is 12.6. The SMILES string of the molecule is Cc1nnc(NCc2cccc(NC(=O)C3CCCO3)c2)c(C#N)c1C. The number of hydrogen-bond acceptors (Lipinski definition) is 6. The largest absolute Gasteiger partial charge is 0.368 e. The molecule has 1 amide bonds. The Labute approximate surface area is 152 Å². The Morgan fingerprint density at radius 1 is 1.38 bits per heavy atom. The molecule has 1 aliphatic rings. The molecule has 3 rings (SSSR count). The first-order valence-electron chi connectivity index (χ1n) is 8.57. The number of benzene rings is 1. The number of rotatable bonds is 5. The zero-order valence-electron chi connectivity index (χ0n) is 14.9. The summed E-state index contributed by atoms with van der Waals surface area (Å²) in [4.78, 5) is 12.2. The fraction of sp³-hybridized carbons (Fsp3) is 0.368. The molecule has 0 aliphatic carbocycles. The lowest BCUT2D eigenvalue weighted by Gasteiger charge is -2.12. The van der Waals surface area contributed by atoms with Gasteiger partial charge in [0.05, 0.1) is 5.69 Å². The van der Waals surface area contributed by atoms with Gasteiger partial charge in [0, 0.05) is 18.8 Å². The summed E-state index contributed by atoms with van der Waals surface area (Å²) in [6.45, 7) is 4.79. The van der Waals surface area contributed by atoms with Gasteiger partial charge in [-0.05, 0) is 49.9 Å². The Kier molecular flexibility index (Phi) is 5.44. The van der Waals surface area contributed by atoms with E-state index in [2.05, 4.69) is 26.9 Å². The number of nitrogens with zero attached hydrogens (tertiary/aromatic N) is 3. The van der Waals surface area contributed by atoms with Crippen LogP contribution in [-0.4, -0.2) is 28.8 Å². The highest BCUT2D eigenvalue weighted by molar-refractivity contribution is 5.94. The van der Waals surface area contributed by atoms with Crippen LogP contribution in [0.25, 0.3) is 0 Å². The van der Waals surface area contributed by atoms with E-state index in [1.165, 1.54) is 0 Å². The Balaban J connectivity index is 1.67. The number of carbonyl (C=O) groups excluding carboxylic acids is 1. The van der Waals surface area contributed by atoms with E-state index in [-0.39, 0.29) is 12.0 Å². The van der Waals surface area contributed by atoms with E-state index in [1.54, 1.807) is 0 Å². The highest BCUT2D eigenvalue weighted by Gasteiger charge is 2.23. The van der Waals surface area contributed by atoms with Gasteiger partial charge in [0.15, 0.2) is 5.82 Å². The molecule has 2 heterocycles. The van der Waals surface area contributed by atoms with Crippen molar-refractivity contribution in [2.24, 2.45) is 0 Å². The van der Waals surface area contributed by atoms with Crippen LogP contribution in [0.15, 0.2) is 24.3 Å². The van der Waals surface area contributed by atoms with Gasteiger partial charge in [0.25, 0.3) is 5.91 Å². The molecular weight excluding hydrogens is 330 g/mol. The monoisotopic (exact) mass is 351 g/mol. The summed E-state index contributed by atoms with van der Waals surface area (Å²) < 4.78 is 5.40. The molecule has 7 nitrogen and oxygen atoms in total. The molecule has 26 heavy (non-hydrogen) atoms. The van der Waals surface area contributed by atoms with Crippen molar-refractivity contribution in [2.45, 2.75) is 39.3 Å². The van der Waals surface area contributed by atoms with Crippen LogP contribution in [0.5, 0.6) is 0 Å². The van der Waals surface area contributed by atoms with Crippen LogP contribution in [0.3, 0.4) is 0 Å². The predicted octanol–water partition coefficient (Wildman–Crippen LogP) is 2.69.